The maximum absolute atomic E-state index is 13.5. The first-order valence-electron chi connectivity index (χ1n) is 11.8. The van der Waals surface area contributed by atoms with E-state index < -0.39 is 12.1 Å². The molecule has 7 heteroatoms. The van der Waals surface area contributed by atoms with Crippen LogP contribution in [0.1, 0.15) is 35.3 Å². The molecule has 0 saturated carbocycles. The zero-order chi connectivity index (χ0) is 23.4. The van der Waals surface area contributed by atoms with Crippen LogP contribution in [0, 0.1) is 0 Å². The Morgan fingerprint density at radius 3 is 2.73 bits per heavy atom. The fourth-order valence-electron chi connectivity index (χ4n) is 4.52. The molecule has 1 aromatic heterocycles. The van der Waals surface area contributed by atoms with Gasteiger partial charge in [-0.15, -0.1) is 0 Å². The van der Waals surface area contributed by atoms with E-state index >= 15 is 0 Å². The van der Waals surface area contributed by atoms with Gasteiger partial charge in [-0.05, 0) is 61.5 Å². The van der Waals surface area contributed by atoms with Crippen LogP contribution in [0.3, 0.4) is 0 Å². The van der Waals surface area contributed by atoms with Crippen molar-refractivity contribution in [2.75, 3.05) is 30.2 Å². The monoisotopic (exact) mass is 466 g/mol. The van der Waals surface area contributed by atoms with Crippen LogP contribution < -0.4 is 14.9 Å². The van der Waals surface area contributed by atoms with E-state index in [4.69, 9.17) is 0 Å². The van der Waals surface area contributed by atoms with Crippen molar-refractivity contribution >= 4 is 34.4 Å². The molecule has 1 amide bonds. The van der Waals surface area contributed by atoms with Crippen LogP contribution in [-0.4, -0.2) is 53.6 Å². The minimum Gasteiger partial charge on any atom is -0.390 e. The van der Waals surface area contributed by atoms with Gasteiger partial charge in [-0.25, -0.2) is 0 Å². The summed E-state index contributed by atoms with van der Waals surface area (Å²) in [6.45, 7) is 6.19. The molecule has 0 bridgehead atoms. The van der Waals surface area contributed by atoms with Crippen molar-refractivity contribution < 1.29 is 9.90 Å². The third-order valence-electron chi connectivity index (χ3n) is 6.32. The van der Waals surface area contributed by atoms with Crippen molar-refractivity contribution in [1.29, 1.82) is 0 Å². The number of carbonyl (C=O) groups excluding carboxylic acids is 1. The van der Waals surface area contributed by atoms with Crippen LogP contribution in [0.2, 0.25) is 0 Å². The zero-order valence-corrected chi connectivity index (χ0v) is 20.5. The highest BCUT2D eigenvalue weighted by atomic mass is 32.2. The Hall–Kier alpha value is -2.48. The molecule has 176 valence electrons. The van der Waals surface area contributed by atoms with Gasteiger partial charge in [0.2, 0.25) is 0 Å². The normalized spacial score (nSPS) is 15.3. The molecule has 0 unspecified atom stereocenters. The van der Waals surface area contributed by atoms with Gasteiger partial charge in [-0.3, -0.25) is 4.79 Å². The minimum atomic E-state index is -0.691. The maximum atomic E-state index is 13.5. The summed E-state index contributed by atoms with van der Waals surface area (Å²) < 4.78 is 4.41. The van der Waals surface area contributed by atoms with Crippen molar-refractivity contribution in [1.82, 2.24) is 15.2 Å². The summed E-state index contributed by atoms with van der Waals surface area (Å²) in [4.78, 5) is 13.5. The molecule has 0 spiro atoms. The smallest absolute Gasteiger partial charge is 0.251 e. The summed E-state index contributed by atoms with van der Waals surface area (Å²) in [6, 6.07) is 13.6. The molecule has 6 nitrogen and oxygen atoms in total. The molecule has 4 rings (SSSR count). The lowest BCUT2D eigenvalue weighted by molar-refractivity contribution is 0.0832. The van der Waals surface area contributed by atoms with Crippen LogP contribution in [0.5, 0.6) is 0 Å². The van der Waals surface area contributed by atoms with Crippen molar-refractivity contribution in [3.63, 3.8) is 0 Å². The van der Waals surface area contributed by atoms with Crippen LogP contribution in [0.25, 0.3) is 10.9 Å². The van der Waals surface area contributed by atoms with E-state index in [-0.39, 0.29) is 5.91 Å². The second-order valence-corrected chi connectivity index (χ2v) is 9.77. The number of benzene rings is 2. The van der Waals surface area contributed by atoms with Crippen LogP contribution in [0.4, 0.5) is 5.69 Å². The number of rotatable bonds is 9. The largest absolute Gasteiger partial charge is 0.390 e. The van der Waals surface area contributed by atoms with Gasteiger partial charge in [0, 0.05) is 43.0 Å². The highest BCUT2D eigenvalue weighted by Gasteiger charge is 2.25. The van der Waals surface area contributed by atoms with E-state index in [0.29, 0.717) is 18.5 Å². The number of hydrogen-bond donors (Lipinski definition) is 3. The van der Waals surface area contributed by atoms with Gasteiger partial charge < -0.3 is 24.6 Å². The standard InChI is InChI=1S/C26H34N4O2S/c1-4-27-16-24(31)21(13-18-9-7-6-8-10-18)28-26(32)20-14-22-25-19(11-12-33-29(22)3)17-30(5-2)23(25)15-20/h6-10,14-15,17,21,24,27,31H,4-5,11-13,16H2,1-3H3,(H,28,32)/t21-,24+/m0/s1. The number of nitrogens with zero attached hydrogens (tertiary/aromatic N) is 2. The second kappa shape index (κ2) is 10.6. The second-order valence-electron chi connectivity index (χ2n) is 8.56. The molecule has 2 aromatic carbocycles. The molecule has 33 heavy (non-hydrogen) atoms. The number of aryl methyl sites for hydroxylation is 2. The first-order valence-corrected chi connectivity index (χ1v) is 12.7. The molecule has 0 aliphatic carbocycles. The Morgan fingerprint density at radius 2 is 2.00 bits per heavy atom. The highest BCUT2D eigenvalue weighted by Crippen LogP contribution is 2.38. The number of likely N-dealkylation sites (N-methyl/N-ethyl adjacent to an activating group) is 1. The fraction of sp³-hybridized carbons (Fsp3) is 0.423. The van der Waals surface area contributed by atoms with Crippen LogP contribution in [0.15, 0.2) is 48.7 Å². The molecule has 1 aliphatic rings. The average Bonchev–Trinajstić information content (AvgIpc) is 3.11. The number of hydrogen-bond acceptors (Lipinski definition) is 5. The predicted molar refractivity (Wildman–Crippen MR) is 138 cm³/mol. The quantitative estimate of drug-likeness (QED) is 0.420. The van der Waals surface area contributed by atoms with Crippen LogP contribution in [-0.2, 0) is 19.4 Å². The van der Waals surface area contributed by atoms with Gasteiger partial charge in [-0.2, -0.15) is 0 Å². The summed E-state index contributed by atoms with van der Waals surface area (Å²) in [5.41, 5.74) is 5.22. The number of nitrogens with one attached hydrogen (secondary N) is 2. The molecule has 0 radical (unpaired) electrons. The van der Waals surface area contributed by atoms with E-state index in [1.165, 1.54) is 10.9 Å². The third kappa shape index (κ3) is 5.21. The lowest BCUT2D eigenvalue weighted by Crippen LogP contribution is -2.48. The molecule has 2 atom stereocenters. The van der Waals surface area contributed by atoms with Gasteiger partial charge in [-0.1, -0.05) is 37.3 Å². The lowest BCUT2D eigenvalue weighted by Gasteiger charge is -2.25. The van der Waals surface area contributed by atoms with Gasteiger partial charge in [0.1, 0.15) is 0 Å². The van der Waals surface area contributed by atoms with Gasteiger partial charge >= 0.3 is 0 Å². The molecule has 1 aliphatic heterocycles. The van der Waals surface area contributed by atoms with Gasteiger partial charge in [0.15, 0.2) is 0 Å². The molecular weight excluding hydrogens is 432 g/mol. The Bertz CT molecular complexity index is 1100. The number of anilines is 1. The Labute approximate surface area is 200 Å². The van der Waals surface area contributed by atoms with Gasteiger partial charge in [0.05, 0.1) is 23.3 Å². The van der Waals surface area contributed by atoms with E-state index in [9.17, 15) is 9.90 Å². The molecular formula is C26H34N4O2S. The Morgan fingerprint density at radius 1 is 1.21 bits per heavy atom. The van der Waals surface area contributed by atoms with Crippen molar-refractivity contribution in [2.45, 2.75) is 45.4 Å². The number of carbonyl (C=O) groups is 1. The number of aliphatic hydroxyl groups excluding tert-OH is 1. The Balaban J connectivity index is 1.66. The van der Waals surface area contributed by atoms with Gasteiger partial charge in [0.25, 0.3) is 5.91 Å². The first-order chi connectivity index (χ1) is 16.0. The molecule has 3 aromatic rings. The summed E-state index contributed by atoms with van der Waals surface area (Å²) in [5, 5.41) is 18.4. The van der Waals surface area contributed by atoms with Crippen molar-refractivity contribution in [3.05, 3.63) is 65.4 Å². The lowest BCUT2D eigenvalue weighted by atomic mass is 10.00. The van der Waals surface area contributed by atoms with E-state index in [2.05, 4.69) is 39.7 Å². The van der Waals surface area contributed by atoms with Crippen LogP contribution >= 0.6 is 11.9 Å². The molecule has 0 fully saturated rings. The fourth-order valence-corrected chi connectivity index (χ4v) is 5.39. The maximum Gasteiger partial charge on any atom is 0.251 e. The van der Waals surface area contributed by atoms with Crippen molar-refractivity contribution in [2.24, 2.45) is 0 Å². The minimum absolute atomic E-state index is 0.155. The summed E-state index contributed by atoms with van der Waals surface area (Å²) in [5.74, 6) is 0.864. The summed E-state index contributed by atoms with van der Waals surface area (Å²) in [7, 11) is 2.07. The highest BCUT2D eigenvalue weighted by molar-refractivity contribution is 8.00. The number of amides is 1. The SMILES string of the molecule is CCNC[C@@H](O)[C@H](Cc1ccccc1)NC(=O)c1cc2c3c(cn(CC)c3c1)CCSN2C. The van der Waals surface area contributed by atoms with Crippen molar-refractivity contribution in [3.8, 4) is 0 Å². The third-order valence-corrected chi connectivity index (χ3v) is 7.29. The topological polar surface area (TPSA) is 69.5 Å². The van der Waals surface area contributed by atoms with E-state index in [1.807, 2.05) is 49.4 Å². The number of aliphatic hydroxyl groups is 1. The summed E-state index contributed by atoms with van der Waals surface area (Å²) >= 11 is 1.78. The predicted octanol–water partition coefficient (Wildman–Crippen LogP) is 3.61. The molecule has 0 saturated heterocycles. The zero-order valence-electron chi connectivity index (χ0n) is 19.7. The summed E-state index contributed by atoms with van der Waals surface area (Å²) in [6.07, 6.45) is 3.13. The van der Waals surface area contributed by atoms with E-state index in [1.54, 1.807) is 11.9 Å². The number of aromatic nitrogens is 1. The first kappa shape index (κ1) is 23.7. The van der Waals surface area contributed by atoms with E-state index in [0.717, 1.165) is 42.0 Å². The average molecular weight is 467 g/mol. The molecule has 2 heterocycles. The molecule has 3 N–H and O–H groups in total. The Kier molecular flexibility index (Phi) is 7.63.